The van der Waals surface area contributed by atoms with E-state index >= 15 is 0 Å². The highest BCUT2D eigenvalue weighted by Crippen LogP contribution is 2.32. The summed E-state index contributed by atoms with van der Waals surface area (Å²) >= 11 is 10.7. The van der Waals surface area contributed by atoms with Gasteiger partial charge in [0.25, 0.3) is 5.91 Å². The maximum Gasteiger partial charge on any atom is 0.408 e. The third kappa shape index (κ3) is 8.14. The van der Waals surface area contributed by atoms with E-state index in [2.05, 4.69) is 23.3 Å². The molecular weight excluding hydrogens is 510 g/mol. The molecule has 0 heterocycles. The van der Waals surface area contributed by atoms with Crippen molar-refractivity contribution < 1.29 is 19.1 Å². The van der Waals surface area contributed by atoms with Gasteiger partial charge in [-0.05, 0) is 78.1 Å². The first-order chi connectivity index (χ1) is 17.2. The topological polar surface area (TPSA) is 87.7 Å². The fraction of sp³-hybridized carbons (Fsp3) is 0.464. The molecule has 9 heteroatoms. The van der Waals surface area contributed by atoms with Gasteiger partial charge in [0.05, 0.1) is 10.7 Å². The van der Waals surface area contributed by atoms with Crippen molar-refractivity contribution in [3.63, 3.8) is 0 Å². The van der Waals surface area contributed by atoms with Crippen molar-refractivity contribution in [1.82, 2.24) is 10.2 Å². The molecule has 2 atom stereocenters. The number of carbonyl (C=O) groups is 3. The van der Waals surface area contributed by atoms with Crippen molar-refractivity contribution in [2.24, 2.45) is 0 Å². The molecule has 0 aliphatic rings. The van der Waals surface area contributed by atoms with E-state index in [-0.39, 0.29) is 11.8 Å². The summed E-state index contributed by atoms with van der Waals surface area (Å²) in [5.74, 6) is -0.848. The Morgan fingerprint density at radius 2 is 1.70 bits per heavy atom. The van der Waals surface area contributed by atoms with Crippen LogP contribution in [0.15, 0.2) is 36.4 Å². The summed E-state index contributed by atoms with van der Waals surface area (Å²) in [5, 5.41) is 5.95. The van der Waals surface area contributed by atoms with Crippen LogP contribution in [0.4, 0.5) is 10.5 Å². The maximum atomic E-state index is 13.9. The number of amides is 3. The number of para-hydroxylation sites is 1. The summed E-state index contributed by atoms with van der Waals surface area (Å²) in [7, 11) is 0. The minimum absolute atomic E-state index is 0.0200. The molecule has 202 valence electrons. The average Bonchev–Trinajstić information content (AvgIpc) is 2.77. The van der Waals surface area contributed by atoms with Crippen molar-refractivity contribution in [2.75, 3.05) is 11.1 Å². The number of rotatable bonds is 8. The number of aryl methyl sites for hydroxylation is 3. The van der Waals surface area contributed by atoms with E-state index in [0.717, 1.165) is 16.7 Å². The van der Waals surface area contributed by atoms with Gasteiger partial charge in [-0.15, -0.1) is 0 Å². The predicted molar refractivity (Wildman–Crippen MR) is 152 cm³/mol. The average molecular weight is 548 g/mol. The molecule has 0 saturated carbocycles. The molecule has 7 nitrogen and oxygen atoms in total. The largest absolute Gasteiger partial charge is 0.444 e. The normalized spacial score (nSPS) is 13.1. The fourth-order valence-corrected chi connectivity index (χ4v) is 4.54. The standard InChI is InChI=1S/C28H38ClN3O4S/c1-16(2)32(26(34)22(15-37)30-27(35)36-28(6,7)8)24(20-13-12-17(3)14-19(20)5)25(33)31-23-18(4)10-9-11-21(23)29/h9-14,16,22,24,37H,15H2,1-8H3,(H,30,35)(H,31,33). The molecule has 0 saturated heterocycles. The van der Waals surface area contributed by atoms with E-state index in [1.165, 1.54) is 4.90 Å². The number of ether oxygens (including phenoxy) is 1. The first kappa shape index (κ1) is 30.5. The molecule has 0 fully saturated rings. The molecule has 0 aliphatic carbocycles. The van der Waals surface area contributed by atoms with Crippen LogP contribution < -0.4 is 10.6 Å². The summed E-state index contributed by atoms with van der Waals surface area (Å²) in [6, 6.07) is 8.68. The van der Waals surface area contributed by atoms with Crippen molar-refractivity contribution in [3.8, 4) is 0 Å². The second-order valence-electron chi connectivity index (χ2n) is 10.4. The Morgan fingerprint density at radius 3 is 2.22 bits per heavy atom. The molecular formula is C28H38ClN3O4S. The lowest BCUT2D eigenvalue weighted by atomic mass is 9.95. The minimum Gasteiger partial charge on any atom is -0.444 e. The molecule has 2 unspecified atom stereocenters. The van der Waals surface area contributed by atoms with Gasteiger partial charge in [0.2, 0.25) is 5.91 Å². The lowest BCUT2D eigenvalue weighted by Crippen LogP contribution is -2.55. The lowest BCUT2D eigenvalue weighted by molar-refractivity contribution is -0.142. The van der Waals surface area contributed by atoms with Gasteiger partial charge in [-0.1, -0.05) is 47.5 Å². The highest BCUT2D eigenvalue weighted by Gasteiger charge is 2.38. The van der Waals surface area contributed by atoms with Crippen LogP contribution in [0.5, 0.6) is 0 Å². The molecule has 2 N–H and O–H groups in total. The highest BCUT2D eigenvalue weighted by molar-refractivity contribution is 7.80. The summed E-state index contributed by atoms with van der Waals surface area (Å²) in [5.41, 5.74) is 3.10. The number of thiol groups is 1. The second kappa shape index (κ2) is 12.7. The van der Waals surface area contributed by atoms with E-state index in [1.54, 1.807) is 32.9 Å². The molecule has 0 radical (unpaired) electrons. The summed E-state index contributed by atoms with van der Waals surface area (Å²) in [6.07, 6.45) is -0.734. The van der Waals surface area contributed by atoms with Crippen LogP contribution >= 0.6 is 24.2 Å². The molecule has 0 aliphatic heterocycles. The molecule has 2 rings (SSSR count). The van der Waals surface area contributed by atoms with Crippen molar-refractivity contribution >= 4 is 47.8 Å². The van der Waals surface area contributed by atoms with Gasteiger partial charge < -0.3 is 20.3 Å². The molecule has 0 spiro atoms. The Bertz CT molecular complexity index is 1130. The zero-order valence-corrected chi connectivity index (χ0v) is 24.5. The van der Waals surface area contributed by atoms with E-state index in [4.69, 9.17) is 16.3 Å². The van der Waals surface area contributed by atoms with Gasteiger partial charge in [-0.2, -0.15) is 12.6 Å². The van der Waals surface area contributed by atoms with Crippen molar-refractivity contribution in [2.45, 2.75) is 79.1 Å². The van der Waals surface area contributed by atoms with Gasteiger partial charge >= 0.3 is 6.09 Å². The van der Waals surface area contributed by atoms with Gasteiger partial charge in [0, 0.05) is 11.8 Å². The van der Waals surface area contributed by atoms with Crippen molar-refractivity contribution in [3.05, 3.63) is 63.7 Å². The molecule has 3 amide bonds. The fourth-order valence-electron chi connectivity index (χ4n) is 4.03. The van der Waals surface area contributed by atoms with Gasteiger partial charge in [0.1, 0.15) is 17.7 Å². The number of benzene rings is 2. The summed E-state index contributed by atoms with van der Waals surface area (Å²) in [4.78, 5) is 41.8. The number of nitrogens with zero attached hydrogens (tertiary/aromatic N) is 1. The minimum atomic E-state index is -1.01. The Kier molecular flexibility index (Phi) is 10.5. The van der Waals surface area contributed by atoms with Crippen LogP contribution in [0.3, 0.4) is 0 Å². The second-order valence-corrected chi connectivity index (χ2v) is 11.2. The molecule has 0 aromatic heterocycles. The third-order valence-corrected chi connectivity index (χ3v) is 6.38. The molecule has 2 aromatic rings. The molecule has 37 heavy (non-hydrogen) atoms. The van der Waals surface area contributed by atoms with Crippen LogP contribution in [-0.4, -0.2) is 46.2 Å². The number of carbonyl (C=O) groups excluding carboxylic acids is 3. The zero-order valence-electron chi connectivity index (χ0n) is 22.8. The van der Waals surface area contributed by atoms with Gasteiger partial charge in [-0.3, -0.25) is 9.59 Å². The number of alkyl carbamates (subject to hydrolysis) is 1. The van der Waals surface area contributed by atoms with E-state index in [9.17, 15) is 14.4 Å². The SMILES string of the molecule is Cc1ccc(C(C(=O)Nc2c(C)cccc2Cl)N(C(=O)C(CS)NC(=O)OC(C)(C)C)C(C)C)c(C)c1. The smallest absolute Gasteiger partial charge is 0.408 e. The predicted octanol–water partition coefficient (Wildman–Crippen LogP) is 6.01. The van der Waals surface area contributed by atoms with Crippen molar-refractivity contribution in [1.29, 1.82) is 0 Å². The quantitative estimate of drug-likeness (QED) is 0.353. The van der Waals surface area contributed by atoms with Crippen LogP contribution in [0.25, 0.3) is 0 Å². The Balaban J connectivity index is 2.56. The van der Waals surface area contributed by atoms with Crippen LogP contribution in [0.1, 0.15) is 62.9 Å². The van der Waals surface area contributed by atoms with Crippen LogP contribution in [0.2, 0.25) is 5.02 Å². The Labute approximate surface area is 230 Å². The number of hydrogen-bond acceptors (Lipinski definition) is 5. The lowest BCUT2D eigenvalue weighted by Gasteiger charge is -2.37. The Morgan fingerprint density at radius 1 is 1.05 bits per heavy atom. The number of hydrogen-bond donors (Lipinski definition) is 3. The number of halogens is 1. The first-order valence-corrected chi connectivity index (χ1v) is 13.2. The van der Waals surface area contributed by atoms with Crippen LogP contribution in [0, 0.1) is 20.8 Å². The Hall–Kier alpha value is -2.71. The van der Waals surface area contributed by atoms with E-state index in [0.29, 0.717) is 16.3 Å². The first-order valence-electron chi connectivity index (χ1n) is 12.2. The molecule has 0 bridgehead atoms. The van der Waals surface area contributed by atoms with Gasteiger partial charge in [0.15, 0.2) is 0 Å². The van der Waals surface area contributed by atoms with E-state index in [1.807, 2.05) is 58.9 Å². The monoisotopic (exact) mass is 547 g/mol. The summed E-state index contributed by atoms with van der Waals surface area (Å²) < 4.78 is 5.34. The maximum absolute atomic E-state index is 13.9. The zero-order chi connectivity index (χ0) is 28.1. The van der Waals surface area contributed by atoms with Crippen LogP contribution in [-0.2, 0) is 14.3 Å². The van der Waals surface area contributed by atoms with E-state index < -0.39 is 35.6 Å². The van der Waals surface area contributed by atoms with Gasteiger partial charge in [-0.25, -0.2) is 4.79 Å². The number of nitrogens with one attached hydrogen (secondary N) is 2. The highest BCUT2D eigenvalue weighted by atomic mass is 35.5. The summed E-state index contributed by atoms with van der Waals surface area (Å²) in [6.45, 7) is 14.6. The third-order valence-electron chi connectivity index (χ3n) is 5.70. The molecule has 2 aromatic carbocycles. The number of anilines is 1.